The topological polar surface area (TPSA) is 53.1 Å². The van der Waals surface area contributed by atoms with Crippen molar-refractivity contribution < 1.29 is 4.39 Å². The molecule has 1 aromatic carbocycles. The molecule has 0 atom stereocenters. The van der Waals surface area contributed by atoms with Gasteiger partial charge in [-0.1, -0.05) is 45.7 Å². The van der Waals surface area contributed by atoms with Crippen molar-refractivity contribution in [1.82, 2.24) is 4.90 Å². The predicted molar refractivity (Wildman–Crippen MR) is 82.4 cm³/mol. The number of nitrogens with two attached hydrogens (primary N) is 1. The zero-order valence-corrected chi connectivity index (χ0v) is 12.7. The van der Waals surface area contributed by atoms with Crippen LogP contribution in [-0.4, -0.2) is 23.8 Å². The molecule has 0 saturated carbocycles. The minimum atomic E-state index is -0.358. The summed E-state index contributed by atoms with van der Waals surface area (Å²) in [6, 6.07) is 5.09. The second kappa shape index (κ2) is 8.00. The van der Waals surface area contributed by atoms with E-state index in [1.807, 2.05) is 0 Å². The van der Waals surface area contributed by atoms with Crippen LogP contribution in [0.25, 0.3) is 0 Å². The number of hydrogen-bond donors (Lipinski definition) is 2. The Labute approximate surface area is 121 Å². The number of nitrogens with zero attached hydrogens (tertiary/aromatic N) is 1. The summed E-state index contributed by atoms with van der Waals surface area (Å²) in [4.78, 5) is 2.25. The molecule has 1 rings (SSSR count). The number of amidine groups is 1. The molecule has 3 N–H and O–H groups in total. The number of nitrogens with one attached hydrogen (secondary N) is 1. The standard InChI is InChI=1S/C16H26FN3/c1-4-12(5-2)10-20(6-3)11-13-8-7-9-14(15(13)17)16(18)19/h7-9,12H,4-6,10-11H2,1-3H3,(H3,18,19). The maximum absolute atomic E-state index is 14.3. The number of benzene rings is 1. The van der Waals surface area contributed by atoms with Gasteiger partial charge in [-0.2, -0.15) is 0 Å². The van der Waals surface area contributed by atoms with Gasteiger partial charge in [-0.3, -0.25) is 10.3 Å². The van der Waals surface area contributed by atoms with Gasteiger partial charge in [0, 0.05) is 18.7 Å². The molecule has 1 aromatic rings. The van der Waals surface area contributed by atoms with Crippen LogP contribution < -0.4 is 5.73 Å². The Balaban J connectivity index is 2.85. The molecule has 0 radical (unpaired) electrons. The van der Waals surface area contributed by atoms with Gasteiger partial charge in [0.05, 0.1) is 5.56 Å². The predicted octanol–water partition coefficient (Wildman–Crippen LogP) is 3.37. The first-order chi connectivity index (χ1) is 9.53. The highest BCUT2D eigenvalue weighted by Crippen LogP contribution is 2.17. The molecule has 0 aliphatic carbocycles. The minimum Gasteiger partial charge on any atom is -0.384 e. The molecule has 112 valence electrons. The number of rotatable bonds is 8. The molecule has 0 aliphatic heterocycles. The molecule has 20 heavy (non-hydrogen) atoms. The van der Waals surface area contributed by atoms with Crippen LogP contribution in [0.15, 0.2) is 18.2 Å². The summed E-state index contributed by atoms with van der Waals surface area (Å²) in [5, 5.41) is 7.40. The third kappa shape index (κ3) is 4.30. The summed E-state index contributed by atoms with van der Waals surface area (Å²) in [6.45, 7) is 8.92. The summed E-state index contributed by atoms with van der Waals surface area (Å²) >= 11 is 0. The van der Waals surface area contributed by atoms with Crippen LogP contribution in [0.2, 0.25) is 0 Å². The molecular formula is C16H26FN3. The van der Waals surface area contributed by atoms with Crippen molar-refractivity contribution in [3.8, 4) is 0 Å². The van der Waals surface area contributed by atoms with E-state index in [4.69, 9.17) is 11.1 Å². The molecule has 0 bridgehead atoms. The van der Waals surface area contributed by atoms with E-state index in [1.165, 1.54) is 0 Å². The fourth-order valence-electron chi connectivity index (χ4n) is 2.37. The van der Waals surface area contributed by atoms with E-state index in [-0.39, 0.29) is 17.2 Å². The van der Waals surface area contributed by atoms with Gasteiger partial charge >= 0.3 is 0 Å². The van der Waals surface area contributed by atoms with Crippen LogP contribution in [0.1, 0.15) is 44.7 Å². The van der Waals surface area contributed by atoms with Gasteiger partial charge in [-0.25, -0.2) is 4.39 Å². The summed E-state index contributed by atoms with van der Waals surface area (Å²) in [7, 11) is 0. The van der Waals surface area contributed by atoms with Crippen LogP contribution in [0, 0.1) is 17.1 Å². The van der Waals surface area contributed by atoms with Crippen molar-refractivity contribution in [3.63, 3.8) is 0 Å². The van der Waals surface area contributed by atoms with Crippen molar-refractivity contribution >= 4 is 5.84 Å². The average Bonchev–Trinajstić information content (AvgIpc) is 2.44. The first-order valence-electron chi connectivity index (χ1n) is 7.37. The van der Waals surface area contributed by atoms with E-state index in [1.54, 1.807) is 18.2 Å². The van der Waals surface area contributed by atoms with E-state index >= 15 is 0 Å². The van der Waals surface area contributed by atoms with Crippen LogP contribution >= 0.6 is 0 Å². The number of halogens is 1. The van der Waals surface area contributed by atoms with Crippen molar-refractivity contribution in [2.24, 2.45) is 11.7 Å². The summed E-state index contributed by atoms with van der Waals surface area (Å²) in [5.41, 5.74) is 6.21. The Morgan fingerprint density at radius 2 is 1.95 bits per heavy atom. The fraction of sp³-hybridized carbons (Fsp3) is 0.562. The second-order valence-electron chi connectivity index (χ2n) is 5.20. The Bertz CT molecular complexity index is 441. The first-order valence-corrected chi connectivity index (χ1v) is 7.37. The maximum Gasteiger partial charge on any atom is 0.138 e. The molecule has 0 aliphatic rings. The van der Waals surface area contributed by atoms with E-state index < -0.39 is 0 Å². The van der Waals surface area contributed by atoms with Gasteiger partial charge in [-0.05, 0) is 18.5 Å². The van der Waals surface area contributed by atoms with Gasteiger partial charge in [0.2, 0.25) is 0 Å². The molecule has 0 spiro atoms. The van der Waals surface area contributed by atoms with Gasteiger partial charge in [-0.15, -0.1) is 0 Å². The molecule has 0 saturated heterocycles. The first kappa shape index (κ1) is 16.6. The highest BCUT2D eigenvalue weighted by Gasteiger charge is 2.15. The fourth-order valence-corrected chi connectivity index (χ4v) is 2.37. The summed E-state index contributed by atoms with van der Waals surface area (Å²) in [6.07, 6.45) is 2.28. The molecule has 0 fully saturated rings. The third-order valence-corrected chi connectivity index (χ3v) is 3.88. The van der Waals surface area contributed by atoms with Crippen LogP contribution in [0.5, 0.6) is 0 Å². The summed E-state index contributed by atoms with van der Waals surface area (Å²) in [5.74, 6) is 0.0735. The van der Waals surface area contributed by atoms with Crippen LogP contribution in [-0.2, 0) is 6.54 Å². The molecule has 4 heteroatoms. The lowest BCUT2D eigenvalue weighted by molar-refractivity contribution is 0.223. The van der Waals surface area contributed by atoms with Gasteiger partial charge in [0.25, 0.3) is 0 Å². The van der Waals surface area contributed by atoms with Crippen LogP contribution in [0.3, 0.4) is 0 Å². The quantitative estimate of drug-likeness (QED) is 0.566. The Morgan fingerprint density at radius 1 is 1.30 bits per heavy atom. The monoisotopic (exact) mass is 279 g/mol. The highest BCUT2D eigenvalue weighted by molar-refractivity contribution is 5.95. The lowest BCUT2D eigenvalue weighted by Gasteiger charge is -2.25. The highest BCUT2D eigenvalue weighted by atomic mass is 19.1. The van der Waals surface area contributed by atoms with Crippen molar-refractivity contribution in [2.75, 3.05) is 13.1 Å². The molecule has 0 unspecified atom stereocenters. The Hall–Kier alpha value is -1.42. The van der Waals surface area contributed by atoms with Gasteiger partial charge in [0.15, 0.2) is 0 Å². The molecular weight excluding hydrogens is 253 g/mol. The number of hydrogen-bond acceptors (Lipinski definition) is 2. The average molecular weight is 279 g/mol. The number of nitrogen functional groups attached to an aromatic ring is 1. The zero-order valence-electron chi connectivity index (χ0n) is 12.7. The summed E-state index contributed by atoms with van der Waals surface area (Å²) < 4.78 is 14.3. The maximum atomic E-state index is 14.3. The van der Waals surface area contributed by atoms with Gasteiger partial charge in [0.1, 0.15) is 11.7 Å². The van der Waals surface area contributed by atoms with E-state index in [2.05, 4.69) is 25.7 Å². The van der Waals surface area contributed by atoms with Gasteiger partial charge < -0.3 is 5.73 Å². The van der Waals surface area contributed by atoms with Crippen LogP contribution in [0.4, 0.5) is 4.39 Å². The minimum absolute atomic E-state index is 0.195. The lowest BCUT2D eigenvalue weighted by Crippen LogP contribution is -2.29. The van der Waals surface area contributed by atoms with E-state index in [0.29, 0.717) is 18.0 Å². The zero-order chi connectivity index (χ0) is 15.1. The molecule has 0 aromatic heterocycles. The normalized spacial score (nSPS) is 11.3. The van der Waals surface area contributed by atoms with Crippen molar-refractivity contribution in [2.45, 2.75) is 40.2 Å². The molecule has 3 nitrogen and oxygen atoms in total. The second-order valence-corrected chi connectivity index (χ2v) is 5.20. The largest absolute Gasteiger partial charge is 0.384 e. The lowest BCUT2D eigenvalue weighted by atomic mass is 10.0. The van der Waals surface area contributed by atoms with Crippen molar-refractivity contribution in [3.05, 3.63) is 35.1 Å². The molecule has 0 amide bonds. The SMILES string of the molecule is CCC(CC)CN(CC)Cc1cccc(C(=N)N)c1F. The van der Waals surface area contributed by atoms with E-state index in [0.717, 1.165) is 25.9 Å². The van der Waals surface area contributed by atoms with E-state index in [9.17, 15) is 4.39 Å². The smallest absolute Gasteiger partial charge is 0.138 e. The Kier molecular flexibility index (Phi) is 6.65. The van der Waals surface area contributed by atoms with Crippen molar-refractivity contribution in [1.29, 1.82) is 5.41 Å². The Morgan fingerprint density at radius 3 is 2.45 bits per heavy atom. The molecule has 0 heterocycles. The third-order valence-electron chi connectivity index (χ3n) is 3.88.